The predicted octanol–water partition coefficient (Wildman–Crippen LogP) is 1.39. The van der Waals surface area contributed by atoms with Gasteiger partial charge in [-0.15, -0.1) is 10.2 Å². The van der Waals surface area contributed by atoms with Crippen molar-refractivity contribution in [2.45, 2.75) is 45.8 Å². The Labute approximate surface area is 106 Å². The maximum atomic E-state index is 10.2. The smallest absolute Gasteiger partial charge is 0.203 e. The fourth-order valence-corrected chi connectivity index (χ4v) is 1.48. The lowest BCUT2D eigenvalue weighted by Crippen LogP contribution is -2.51. The Bertz CT molecular complexity index is 567. The van der Waals surface area contributed by atoms with Crippen LogP contribution in [0.2, 0.25) is 0 Å². The molecule has 2 N–H and O–H groups in total. The number of aromatic nitrogens is 4. The summed E-state index contributed by atoms with van der Waals surface area (Å²) in [5.74, 6) is 1.42. The number of nitrogens with one attached hydrogen (secondary N) is 1. The summed E-state index contributed by atoms with van der Waals surface area (Å²) >= 11 is 0. The summed E-state index contributed by atoms with van der Waals surface area (Å²) in [6.45, 7) is 9.23. The van der Waals surface area contributed by atoms with Gasteiger partial charge in [-0.3, -0.25) is 4.40 Å². The monoisotopic (exact) mass is 249 g/mol. The van der Waals surface area contributed by atoms with E-state index in [9.17, 15) is 5.11 Å². The molecule has 0 saturated carbocycles. The normalized spacial score (nSPS) is 13.0. The molecular formula is C12H19N5O. The molecule has 2 aromatic rings. The molecule has 0 aromatic carbocycles. The molecule has 0 amide bonds. The van der Waals surface area contributed by atoms with Crippen molar-refractivity contribution in [2.24, 2.45) is 0 Å². The second kappa shape index (κ2) is 3.91. The van der Waals surface area contributed by atoms with E-state index in [-0.39, 0.29) is 0 Å². The van der Waals surface area contributed by atoms with Gasteiger partial charge in [-0.1, -0.05) is 0 Å². The third kappa shape index (κ3) is 2.03. The van der Waals surface area contributed by atoms with Crippen LogP contribution >= 0.6 is 0 Å². The number of aryl methyl sites for hydroxylation is 1. The maximum Gasteiger partial charge on any atom is 0.203 e. The molecule has 0 bridgehead atoms. The van der Waals surface area contributed by atoms with Gasteiger partial charge < -0.3 is 10.4 Å². The van der Waals surface area contributed by atoms with Crippen molar-refractivity contribution < 1.29 is 5.11 Å². The molecule has 0 saturated heterocycles. The van der Waals surface area contributed by atoms with E-state index in [1.807, 2.05) is 31.4 Å². The first-order valence-corrected chi connectivity index (χ1v) is 5.89. The Morgan fingerprint density at radius 1 is 1.22 bits per heavy atom. The molecule has 2 aromatic heterocycles. The van der Waals surface area contributed by atoms with Crippen LogP contribution in [0.1, 0.15) is 33.5 Å². The number of hydrogen-bond acceptors (Lipinski definition) is 5. The summed E-state index contributed by atoms with van der Waals surface area (Å²) in [5.41, 5.74) is -0.773. The van der Waals surface area contributed by atoms with Crippen molar-refractivity contribution >= 4 is 11.5 Å². The number of anilines is 1. The second-order valence-electron chi connectivity index (χ2n) is 5.53. The minimum absolute atomic E-state index is 0.540. The first-order valence-electron chi connectivity index (χ1n) is 5.89. The van der Waals surface area contributed by atoms with E-state index in [0.717, 1.165) is 5.82 Å². The Morgan fingerprint density at radius 2 is 1.89 bits per heavy atom. The highest BCUT2D eigenvalue weighted by Crippen LogP contribution is 2.26. The number of hydrogen-bond donors (Lipinski definition) is 2. The molecule has 6 nitrogen and oxygen atoms in total. The molecule has 0 aliphatic heterocycles. The molecular weight excluding hydrogens is 230 g/mol. The predicted molar refractivity (Wildman–Crippen MR) is 69.5 cm³/mol. The van der Waals surface area contributed by atoms with E-state index in [0.29, 0.717) is 11.5 Å². The highest BCUT2D eigenvalue weighted by atomic mass is 16.3. The van der Waals surface area contributed by atoms with Crippen LogP contribution in [0.15, 0.2) is 12.4 Å². The first-order chi connectivity index (χ1) is 8.22. The molecule has 2 rings (SSSR count). The summed E-state index contributed by atoms with van der Waals surface area (Å²) < 4.78 is 1.86. The average Bonchev–Trinajstić information content (AvgIpc) is 2.60. The fourth-order valence-electron chi connectivity index (χ4n) is 1.48. The van der Waals surface area contributed by atoms with E-state index in [1.165, 1.54) is 0 Å². The average molecular weight is 249 g/mol. The number of aliphatic hydroxyl groups is 1. The largest absolute Gasteiger partial charge is 0.388 e. The van der Waals surface area contributed by atoms with Gasteiger partial charge in [0.1, 0.15) is 5.82 Å². The fraction of sp³-hybridized carbons (Fsp3) is 0.583. The van der Waals surface area contributed by atoms with Crippen molar-refractivity contribution in [3.05, 3.63) is 18.2 Å². The molecule has 0 spiro atoms. The summed E-state index contributed by atoms with van der Waals surface area (Å²) in [6.07, 6.45) is 3.50. The molecule has 0 aliphatic carbocycles. The molecule has 0 aliphatic rings. The third-order valence-corrected chi connectivity index (χ3v) is 3.46. The van der Waals surface area contributed by atoms with Gasteiger partial charge in [-0.2, -0.15) is 0 Å². The number of fused-ring (bicyclic) bond motifs is 1. The first kappa shape index (κ1) is 12.8. The van der Waals surface area contributed by atoms with Gasteiger partial charge in [-0.05, 0) is 34.6 Å². The Balaban J connectivity index is 2.44. The molecule has 2 heterocycles. The van der Waals surface area contributed by atoms with Gasteiger partial charge in [0.25, 0.3) is 0 Å². The minimum atomic E-state index is -0.892. The number of rotatable bonds is 3. The molecule has 98 valence electrons. The second-order valence-corrected chi connectivity index (χ2v) is 5.53. The lowest BCUT2D eigenvalue weighted by atomic mass is 9.86. The zero-order valence-electron chi connectivity index (χ0n) is 11.4. The molecule has 18 heavy (non-hydrogen) atoms. The van der Waals surface area contributed by atoms with Crippen molar-refractivity contribution in [3.8, 4) is 0 Å². The highest BCUT2D eigenvalue weighted by molar-refractivity contribution is 5.63. The zero-order valence-corrected chi connectivity index (χ0v) is 11.4. The summed E-state index contributed by atoms with van der Waals surface area (Å²) in [4.78, 5) is 4.27. The quantitative estimate of drug-likeness (QED) is 0.860. The molecule has 0 atom stereocenters. The van der Waals surface area contributed by atoms with Crippen LogP contribution < -0.4 is 5.32 Å². The molecule has 0 unspecified atom stereocenters. The topological polar surface area (TPSA) is 75.3 Å². The third-order valence-electron chi connectivity index (χ3n) is 3.46. The van der Waals surface area contributed by atoms with Crippen LogP contribution in [0.25, 0.3) is 5.65 Å². The van der Waals surface area contributed by atoms with Crippen LogP contribution in [0.3, 0.4) is 0 Å². The standard InChI is InChI=1S/C12H19N5O/c1-8-15-16-10-9(13-6-7-17(8)10)14-11(2,3)12(4,5)18/h6-7,18H,1-5H3,(H,13,14). The van der Waals surface area contributed by atoms with Crippen molar-refractivity contribution in [3.63, 3.8) is 0 Å². The lowest BCUT2D eigenvalue weighted by molar-refractivity contribution is 0.0239. The SMILES string of the molecule is Cc1nnc2c(NC(C)(C)C(C)(C)O)nccn12. The van der Waals surface area contributed by atoms with Crippen molar-refractivity contribution in [1.29, 1.82) is 0 Å². The molecule has 0 radical (unpaired) electrons. The van der Waals surface area contributed by atoms with Crippen LogP contribution in [-0.4, -0.2) is 35.8 Å². The van der Waals surface area contributed by atoms with Crippen LogP contribution in [-0.2, 0) is 0 Å². The van der Waals surface area contributed by atoms with E-state index in [1.54, 1.807) is 20.0 Å². The molecule has 0 fully saturated rings. The maximum absolute atomic E-state index is 10.2. The van der Waals surface area contributed by atoms with Gasteiger partial charge in [0, 0.05) is 12.4 Å². The zero-order chi connectivity index (χ0) is 13.6. The number of nitrogens with zero attached hydrogens (tertiary/aromatic N) is 4. The van der Waals surface area contributed by atoms with Gasteiger partial charge in [0.05, 0.1) is 11.1 Å². The van der Waals surface area contributed by atoms with E-state index < -0.39 is 11.1 Å². The van der Waals surface area contributed by atoms with E-state index >= 15 is 0 Å². The molecule has 6 heteroatoms. The van der Waals surface area contributed by atoms with Gasteiger partial charge in [0.2, 0.25) is 5.65 Å². The van der Waals surface area contributed by atoms with Crippen molar-refractivity contribution in [2.75, 3.05) is 5.32 Å². The van der Waals surface area contributed by atoms with E-state index in [2.05, 4.69) is 20.5 Å². The van der Waals surface area contributed by atoms with E-state index in [4.69, 9.17) is 0 Å². The summed E-state index contributed by atoms with van der Waals surface area (Å²) in [6, 6.07) is 0. The Kier molecular flexibility index (Phi) is 2.77. The summed E-state index contributed by atoms with van der Waals surface area (Å²) in [7, 11) is 0. The Morgan fingerprint density at radius 3 is 2.50 bits per heavy atom. The van der Waals surface area contributed by atoms with Crippen LogP contribution in [0.5, 0.6) is 0 Å². The van der Waals surface area contributed by atoms with Crippen LogP contribution in [0.4, 0.5) is 5.82 Å². The minimum Gasteiger partial charge on any atom is -0.388 e. The van der Waals surface area contributed by atoms with Gasteiger partial charge in [-0.25, -0.2) is 4.98 Å². The summed E-state index contributed by atoms with van der Waals surface area (Å²) in [5, 5.41) is 21.5. The van der Waals surface area contributed by atoms with Crippen LogP contribution in [0, 0.1) is 6.92 Å². The lowest BCUT2D eigenvalue weighted by Gasteiger charge is -2.38. The van der Waals surface area contributed by atoms with Gasteiger partial charge >= 0.3 is 0 Å². The van der Waals surface area contributed by atoms with Crippen molar-refractivity contribution in [1.82, 2.24) is 19.6 Å². The van der Waals surface area contributed by atoms with Gasteiger partial charge in [0.15, 0.2) is 5.82 Å². The highest BCUT2D eigenvalue weighted by Gasteiger charge is 2.35. The Hall–Kier alpha value is -1.69.